The second kappa shape index (κ2) is 9.91. The van der Waals surface area contributed by atoms with Crippen LogP contribution in [0.4, 0.5) is 0 Å². The number of hydrogen-bond acceptors (Lipinski definition) is 2. The van der Waals surface area contributed by atoms with Crippen LogP contribution in [0.15, 0.2) is 55.0 Å². The third-order valence-electron chi connectivity index (χ3n) is 5.01. The molecular weight excluding hydrogens is 334 g/mol. The molecule has 0 fully saturated rings. The number of carbonyl (C=O) groups excluding carboxylic acids is 1. The fourth-order valence-electron chi connectivity index (χ4n) is 3.46. The first-order valence-corrected chi connectivity index (χ1v) is 10.0. The molecule has 0 spiro atoms. The Kier molecular flexibility index (Phi) is 7.03. The summed E-state index contributed by atoms with van der Waals surface area (Å²) in [6, 6.07) is 11.9. The van der Waals surface area contributed by atoms with E-state index < -0.39 is 0 Å². The lowest BCUT2D eigenvalue weighted by molar-refractivity contribution is 0.0742. The molecule has 0 saturated carbocycles. The van der Waals surface area contributed by atoms with E-state index >= 15 is 0 Å². The number of aromatic nitrogens is 2. The number of aromatic amines is 1. The number of H-pyrrole nitrogens is 1. The Balaban J connectivity index is 1.71. The van der Waals surface area contributed by atoms with Crippen LogP contribution in [-0.4, -0.2) is 27.3 Å². The van der Waals surface area contributed by atoms with Gasteiger partial charge in [-0.3, -0.25) is 9.78 Å². The number of fused-ring (bicyclic) bond motifs is 1. The molecule has 3 aromatic rings. The second-order valence-electron chi connectivity index (χ2n) is 7.10. The van der Waals surface area contributed by atoms with Crippen LogP contribution in [-0.2, 0) is 6.54 Å². The Morgan fingerprint density at radius 3 is 2.56 bits per heavy atom. The van der Waals surface area contributed by atoms with Crippen LogP contribution < -0.4 is 0 Å². The van der Waals surface area contributed by atoms with Crippen LogP contribution in [0.1, 0.15) is 61.4 Å². The Labute approximate surface area is 161 Å². The molecule has 4 heteroatoms. The van der Waals surface area contributed by atoms with Crippen molar-refractivity contribution >= 4 is 16.8 Å². The molecule has 0 unspecified atom stereocenters. The van der Waals surface area contributed by atoms with Gasteiger partial charge < -0.3 is 9.88 Å². The van der Waals surface area contributed by atoms with E-state index in [1.54, 1.807) is 12.4 Å². The molecule has 4 nitrogen and oxygen atoms in total. The molecule has 0 radical (unpaired) electrons. The van der Waals surface area contributed by atoms with Crippen molar-refractivity contribution < 1.29 is 4.79 Å². The predicted octanol–water partition coefficient (Wildman–Crippen LogP) is 5.57. The summed E-state index contributed by atoms with van der Waals surface area (Å²) >= 11 is 0. The Morgan fingerprint density at radius 1 is 1.00 bits per heavy atom. The van der Waals surface area contributed by atoms with Crippen molar-refractivity contribution in [2.45, 2.75) is 52.0 Å². The standard InChI is InChI=1S/C23H29N3O/c1-2-3-4-5-6-9-16-26(18-19-12-14-24-15-13-19)23(27)21-17-25-22-11-8-7-10-20(21)22/h7-8,10-15,17,25H,2-6,9,16,18H2,1H3. The van der Waals surface area contributed by atoms with Gasteiger partial charge in [-0.15, -0.1) is 0 Å². The molecule has 1 aromatic carbocycles. The SMILES string of the molecule is CCCCCCCCN(Cc1ccncc1)C(=O)c1c[nH]c2ccccc12. The molecule has 27 heavy (non-hydrogen) atoms. The van der Waals surface area contributed by atoms with Gasteiger partial charge in [0.05, 0.1) is 5.56 Å². The van der Waals surface area contributed by atoms with Gasteiger partial charge in [-0.1, -0.05) is 57.2 Å². The molecule has 142 valence electrons. The van der Waals surface area contributed by atoms with Crippen LogP contribution in [0.25, 0.3) is 10.9 Å². The summed E-state index contributed by atoms with van der Waals surface area (Å²) in [6.07, 6.45) is 12.7. The summed E-state index contributed by atoms with van der Waals surface area (Å²) in [6.45, 7) is 3.64. The van der Waals surface area contributed by atoms with E-state index in [2.05, 4.69) is 16.9 Å². The van der Waals surface area contributed by atoms with E-state index in [0.717, 1.165) is 35.0 Å². The topological polar surface area (TPSA) is 49.0 Å². The van der Waals surface area contributed by atoms with Gasteiger partial charge >= 0.3 is 0 Å². The summed E-state index contributed by atoms with van der Waals surface area (Å²) in [5.74, 6) is 0.0952. The zero-order valence-electron chi connectivity index (χ0n) is 16.2. The van der Waals surface area contributed by atoms with Crippen LogP contribution >= 0.6 is 0 Å². The van der Waals surface area contributed by atoms with Gasteiger partial charge in [0, 0.05) is 42.6 Å². The van der Waals surface area contributed by atoms with E-state index in [1.807, 2.05) is 47.5 Å². The number of benzene rings is 1. The Morgan fingerprint density at radius 2 is 1.74 bits per heavy atom. The normalized spacial score (nSPS) is 11.0. The quantitative estimate of drug-likeness (QED) is 0.479. The van der Waals surface area contributed by atoms with E-state index in [0.29, 0.717) is 6.54 Å². The van der Waals surface area contributed by atoms with Crippen molar-refractivity contribution in [3.8, 4) is 0 Å². The average molecular weight is 364 g/mol. The lowest BCUT2D eigenvalue weighted by atomic mass is 10.1. The Bertz CT molecular complexity index is 841. The molecule has 2 aromatic heterocycles. The van der Waals surface area contributed by atoms with E-state index in [1.165, 1.54) is 32.1 Å². The number of hydrogen-bond donors (Lipinski definition) is 1. The second-order valence-corrected chi connectivity index (χ2v) is 7.10. The van der Waals surface area contributed by atoms with Crippen molar-refractivity contribution in [1.82, 2.24) is 14.9 Å². The molecular formula is C23H29N3O. The highest BCUT2D eigenvalue weighted by Gasteiger charge is 2.19. The smallest absolute Gasteiger partial charge is 0.256 e. The highest BCUT2D eigenvalue weighted by Crippen LogP contribution is 2.21. The van der Waals surface area contributed by atoms with Crippen molar-refractivity contribution in [2.75, 3.05) is 6.54 Å². The largest absolute Gasteiger partial charge is 0.360 e. The number of nitrogens with one attached hydrogen (secondary N) is 1. The molecule has 2 heterocycles. The predicted molar refractivity (Wildman–Crippen MR) is 111 cm³/mol. The molecule has 1 amide bonds. The number of rotatable bonds is 10. The Hall–Kier alpha value is -2.62. The first kappa shape index (κ1) is 19.2. The molecule has 1 N–H and O–H groups in total. The van der Waals surface area contributed by atoms with Crippen molar-refractivity contribution in [3.05, 3.63) is 66.1 Å². The monoisotopic (exact) mass is 363 g/mol. The van der Waals surface area contributed by atoms with Crippen LogP contribution in [0.2, 0.25) is 0 Å². The first-order valence-electron chi connectivity index (χ1n) is 10.0. The van der Waals surface area contributed by atoms with Gasteiger partial charge in [0.15, 0.2) is 0 Å². The van der Waals surface area contributed by atoms with Gasteiger partial charge in [-0.2, -0.15) is 0 Å². The summed E-state index contributed by atoms with van der Waals surface area (Å²) in [7, 11) is 0. The van der Waals surface area contributed by atoms with Gasteiger partial charge in [-0.05, 0) is 30.2 Å². The number of amides is 1. The third-order valence-corrected chi connectivity index (χ3v) is 5.01. The number of pyridine rings is 1. The van der Waals surface area contributed by atoms with Crippen LogP contribution in [0.5, 0.6) is 0 Å². The van der Waals surface area contributed by atoms with Gasteiger partial charge in [0.25, 0.3) is 5.91 Å². The lowest BCUT2D eigenvalue weighted by Crippen LogP contribution is -2.31. The maximum Gasteiger partial charge on any atom is 0.256 e. The average Bonchev–Trinajstić information content (AvgIpc) is 3.14. The van der Waals surface area contributed by atoms with Crippen LogP contribution in [0.3, 0.4) is 0 Å². The summed E-state index contributed by atoms with van der Waals surface area (Å²) < 4.78 is 0. The van der Waals surface area contributed by atoms with E-state index in [9.17, 15) is 4.79 Å². The fraction of sp³-hybridized carbons (Fsp3) is 0.391. The molecule has 0 atom stereocenters. The number of para-hydroxylation sites is 1. The molecule has 0 aliphatic rings. The molecule has 0 aliphatic heterocycles. The van der Waals surface area contributed by atoms with Crippen molar-refractivity contribution in [3.63, 3.8) is 0 Å². The number of nitrogens with zero attached hydrogens (tertiary/aromatic N) is 2. The minimum Gasteiger partial charge on any atom is -0.360 e. The zero-order valence-corrected chi connectivity index (χ0v) is 16.2. The van der Waals surface area contributed by atoms with Crippen molar-refractivity contribution in [2.24, 2.45) is 0 Å². The minimum atomic E-state index is 0.0952. The zero-order chi connectivity index (χ0) is 18.9. The third kappa shape index (κ3) is 5.19. The van der Waals surface area contributed by atoms with Gasteiger partial charge in [-0.25, -0.2) is 0 Å². The summed E-state index contributed by atoms with van der Waals surface area (Å²) in [5, 5.41) is 0.991. The molecule has 0 bridgehead atoms. The first-order chi connectivity index (χ1) is 13.3. The van der Waals surface area contributed by atoms with Gasteiger partial charge in [0.2, 0.25) is 0 Å². The summed E-state index contributed by atoms with van der Waals surface area (Å²) in [4.78, 5) is 22.6. The van der Waals surface area contributed by atoms with Crippen LogP contribution in [0, 0.1) is 0 Å². The van der Waals surface area contributed by atoms with Crippen molar-refractivity contribution in [1.29, 1.82) is 0 Å². The lowest BCUT2D eigenvalue weighted by Gasteiger charge is -2.23. The highest BCUT2D eigenvalue weighted by molar-refractivity contribution is 6.06. The maximum atomic E-state index is 13.3. The molecule has 0 saturated heterocycles. The summed E-state index contributed by atoms with van der Waals surface area (Å²) in [5.41, 5.74) is 2.87. The van der Waals surface area contributed by atoms with E-state index in [-0.39, 0.29) is 5.91 Å². The minimum absolute atomic E-state index is 0.0952. The molecule has 0 aliphatic carbocycles. The van der Waals surface area contributed by atoms with Gasteiger partial charge in [0.1, 0.15) is 0 Å². The van der Waals surface area contributed by atoms with E-state index in [4.69, 9.17) is 0 Å². The highest BCUT2D eigenvalue weighted by atomic mass is 16.2. The maximum absolute atomic E-state index is 13.3. The number of unbranched alkanes of at least 4 members (excludes halogenated alkanes) is 5. The fourth-order valence-corrected chi connectivity index (χ4v) is 3.46. The molecule has 3 rings (SSSR count). The number of carbonyl (C=O) groups is 1.